The molecule has 0 spiro atoms. The maximum atomic E-state index is 12.0. The monoisotopic (exact) mass is 276 g/mol. The Labute approximate surface area is 118 Å². The minimum Gasteiger partial charge on any atom is -0.480 e. The zero-order chi connectivity index (χ0) is 14.8. The van der Waals surface area contributed by atoms with Crippen molar-refractivity contribution in [1.82, 2.24) is 10.6 Å². The normalized spacial score (nSPS) is 17.4. The molecule has 0 aliphatic heterocycles. The highest BCUT2D eigenvalue weighted by atomic mass is 16.4. The molecule has 108 valence electrons. The lowest BCUT2D eigenvalue weighted by Gasteiger charge is -2.22. The highest BCUT2D eigenvalue weighted by molar-refractivity contribution is 5.83. The summed E-state index contributed by atoms with van der Waals surface area (Å²) >= 11 is 0. The van der Waals surface area contributed by atoms with Crippen molar-refractivity contribution in [3.8, 4) is 0 Å². The lowest BCUT2D eigenvalue weighted by molar-refractivity contribution is -0.140. The number of carbonyl (C=O) groups is 2. The Morgan fingerprint density at radius 3 is 2.25 bits per heavy atom. The third kappa shape index (κ3) is 3.10. The average Bonchev–Trinajstić information content (AvgIpc) is 3.17. The van der Waals surface area contributed by atoms with Gasteiger partial charge in [0.15, 0.2) is 0 Å². The molecule has 1 aromatic rings. The van der Waals surface area contributed by atoms with Crippen molar-refractivity contribution in [3.05, 3.63) is 35.9 Å². The second kappa shape index (κ2) is 5.53. The first kappa shape index (κ1) is 14.4. The first-order chi connectivity index (χ1) is 9.44. The number of urea groups is 1. The molecule has 0 radical (unpaired) electrons. The van der Waals surface area contributed by atoms with E-state index >= 15 is 0 Å². The van der Waals surface area contributed by atoms with Gasteiger partial charge in [-0.25, -0.2) is 9.59 Å². The maximum absolute atomic E-state index is 12.0. The van der Waals surface area contributed by atoms with Crippen LogP contribution in [0.2, 0.25) is 0 Å². The van der Waals surface area contributed by atoms with Crippen LogP contribution < -0.4 is 10.6 Å². The quantitative estimate of drug-likeness (QED) is 0.770. The average molecular weight is 276 g/mol. The van der Waals surface area contributed by atoms with Crippen molar-refractivity contribution in [2.45, 2.75) is 38.3 Å². The molecule has 1 saturated carbocycles. The fourth-order valence-corrected chi connectivity index (χ4v) is 2.28. The van der Waals surface area contributed by atoms with Gasteiger partial charge in [-0.3, -0.25) is 0 Å². The minimum absolute atomic E-state index is 0.162. The molecule has 1 fully saturated rings. The summed E-state index contributed by atoms with van der Waals surface area (Å²) in [5.74, 6) is -1.18. The van der Waals surface area contributed by atoms with E-state index in [4.69, 9.17) is 5.11 Å². The molecule has 0 bridgehead atoms. The van der Waals surface area contributed by atoms with Crippen LogP contribution >= 0.6 is 0 Å². The van der Waals surface area contributed by atoms with Crippen LogP contribution in [-0.4, -0.2) is 23.1 Å². The van der Waals surface area contributed by atoms with Gasteiger partial charge in [0.25, 0.3) is 0 Å². The first-order valence-corrected chi connectivity index (χ1v) is 6.82. The van der Waals surface area contributed by atoms with Gasteiger partial charge in [-0.15, -0.1) is 0 Å². The smallest absolute Gasteiger partial charge is 0.326 e. The van der Waals surface area contributed by atoms with Crippen molar-refractivity contribution >= 4 is 12.0 Å². The van der Waals surface area contributed by atoms with Gasteiger partial charge in [0.05, 0.1) is 5.54 Å². The van der Waals surface area contributed by atoms with Crippen LogP contribution in [0, 0.1) is 5.92 Å². The van der Waals surface area contributed by atoms with Gasteiger partial charge in [0.1, 0.15) is 6.04 Å². The summed E-state index contributed by atoms with van der Waals surface area (Å²) in [5.41, 5.74) is 0.734. The second-order valence-corrected chi connectivity index (χ2v) is 5.61. The molecule has 2 rings (SSSR count). The van der Waals surface area contributed by atoms with Crippen molar-refractivity contribution in [2.24, 2.45) is 5.92 Å². The molecule has 1 aliphatic carbocycles. The lowest BCUT2D eigenvalue weighted by Crippen LogP contribution is -2.51. The van der Waals surface area contributed by atoms with Crippen molar-refractivity contribution in [1.29, 1.82) is 0 Å². The third-order valence-corrected chi connectivity index (χ3v) is 3.65. The van der Waals surface area contributed by atoms with Gasteiger partial charge in [0.2, 0.25) is 0 Å². The molecule has 2 amide bonds. The summed E-state index contributed by atoms with van der Waals surface area (Å²) in [6, 6.07) is 8.45. The van der Waals surface area contributed by atoms with Crippen LogP contribution in [0.25, 0.3) is 0 Å². The zero-order valence-corrected chi connectivity index (χ0v) is 11.7. The Hall–Kier alpha value is -2.04. The maximum Gasteiger partial charge on any atom is 0.326 e. The molecule has 20 heavy (non-hydrogen) atoms. The van der Waals surface area contributed by atoms with Crippen molar-refractivity contribution in [3.63, 3.8) is 0 Å². The Morgan fingerprint density at radius 2 is 1.80 bits per heavy atom. The summed E-state index contributed by atoms with van der Waals surface area (Å²) in [6.45, 7) is 3.53. The first-order valence-electron chi connectivity index (χ1n) is 6.82. The van der Waals surface area contributed by atoms with E-state index in [1.807, 2.05) is 30.3 Å². The second-order valence-electron chi connectivity index (χ2n) is 5.61. The van der Waals surface area contributed by atoms with Gasteiger partial charge < -0.3 is 15.7 Å². The van der Waals surface area contributed by atoms with Gasteiger partial charge in [-0.2, -0.15) is 0 Å². The predicted molar refractivity (Wildman–Crippen MR) is 75.3 cm³/mol. The standard InChI is InChI=1S/C15H20N2O3/c1-10(2)12(13(18)19)16-14(20)17-15(8-9-15)11-6-4-3-5-7-11/h3-7,10,12H,8-9H2,1-2H3,(H,18,19)(H2,16,17,20). The fourth-order valence-electron chi connectivity index (χ4n) is 2.28. The number of amides is 2. The summed E-state index contributed by atoms with van der Waals surface area (Å²) in [7, 11) is 0. The van der Waals surface area contributed by atoms with E-state index in [2.05, 4.69) is 10.6 Å². The fraction of sp³-hybridized carbons (Fsp3) is 0.467. The molecule has 1 atom stereocenters. The number of hydrogen-bond acceptors (Lipinski definition) is 2. The summed E-state index contributed by atoms with van der Waals surface area (Å²) in [6.07, 6.45) is 1.76. The van der Waals surface area contributed by atoms with Gasteiger partial charge in [-0.1, -0.05) is 44.2 Å². The number of carbonyl (C=O) groups excluding carboxylic acids is 1. The number of rotatable bonds is 5. The van der Waals surface area contributed by atoms with E-state index in [1.165, 1.54) is 0 Å². The highest BCUT2D eigenvalue weighted by Gasteiger charge is 2.45. The van der Waals surface area contributed by atoms with Crippen LogP contribution in [-0.2, 0) is 10.3 Å². The van der Waals surface area contributed by atoms with E-state index < -0.39 is 18.0 Å². The van der Waals surface area contributed by atoms with Gasteiger partial charge in [0, 0.05) is 0 Å². The number of carboxylic acid groups (broad SMARTS) is 1. The molecule has 1 aromatic carbocycles. The molecule has 3 N–H and O–H groups in total. The molecule has 0 saturated heterocycles. The largest absolute Gasteiger partial charge is 0.480 e. The number of aliphatic carboxylic acids is 1. The molecular formula is C15H20N2O3. The molecule has 5 heteroatoms. The molecule has 0 aromatic heterocycles. The molecule has 5 nitrogen and oxygen atoms in total. The molecule has 1 unspecified atom stereocenters. The summed E-state index contributed by atoms with van der Waals surface area (Å²) in [4.78, 5) is 23.1. The predicted octanol–water partition coefficient (Wildman–Crippen LogP) is 2.08. The molecule has 1 aliphatic rings. The SMILES string of the molecule is CC(C)C(NC(=O)NC1(c2ccccc2)CC1)C(=O)O. The Balaban J connectivity index is 2.00. The number of hydrogen-bond donors (Lipinski definition) is 3. The van der Waals surface area contributed by atoms with Gasteiger partial charge >= 0.3 is 12.0 Å². The topological polar surface area (TPSA) is 78.4 Å². The zero-order valence-electron chi connectivity index (χ0n) is 11.7. The number of benzene rings is 1. The highest BCUT2D eigenvalue weighted by Crippen LogP contribution is 2.45. The Kier molecular flexibility index (Phi) is 3.97. The lowest BCUT2D eigenvalue weighted by atomic mass is 10.0. The van der Waals surface area contributed by atoms with Gasteiger partial charge in [-0.05, 0) is 24.3 Å². The van der Waals surface area contributed by atoms with Crippen molar-refractivity contribution < 1.29 is 14.7 Å². The van der Waals surface area contributed by atoms with Crippen molar-refractivity contribution in [2.75, 3.05) is 0 Å². The third-order valence-electron chi connectivity index (χ3n) is 3.65. The summed E-state index contributed by atoms with van der Waals surface area (Å²) in [5, 5.41) is 14.5. The molecular weight excluding hydrogens is 256 g/mol. The van der Waals surface area contributed by atoms with Crippen LogP contribution in [0.3, 0.4) is 0 Å². The van der Waals surface area contributed by atoms with E-state index in [9.17, 15) is 9.59 Å². The number of carboxylic acids is 1. The van der Waals surface area contributed by atoms with Crippen LogP contribution in [0.1, 0.15) is 32.3 Å². The van der Waals surface area contributed by atoms with E-state index in [0.717, 1.165) is 18.4 Å². The van der Waals surface area contributed by atoms with Crippen LogP contribution in [0.15, 0.2) is 30.3 Å². The van der Waals surface area contributed by atoms with Crippen LogP contribution in [0.4, 0.5) is 4.79 Å². The van der Waals surface area contributed by atoms with Crippen LogP contribution in [0.5, 0.6) is 0 Å². The van der Waals surface area contributed by atoms with E-state index in [1.54, 1.807) is 13.8 Å². The minimum atomic E-state index is -1.01. The molecule has 0 heterocycles. The number of nitrogens with one attached hydrogen (secondary N) is 2. The Morgan fingerprint density at radius 1 is 1.20 bits per heavy atom. The summed E-state index contributed by atoms with van der Waals surface area (Å²) < 4.78 is 0. The Bertz CT molecular complexity index is 495. The van der Waals surface area contributed by atoms with E-state index in [0.29, 0.717) is 0 Å². The van der Waals surface area contributed by atoms with E-state index in [-0.39, 0.29) is 11.5 Å².